The fourth-order valence-corrected chi connectivity index (χ4v) is 7.89. The summed E-state index contributed by atoms with van der Waals surface area (Å²) in [5.74, 6) is 0. The highest BCUT2D eigenvalue weighted by atomic mass is 127. The highest BCUT2D eigenvalue weighted by Gasteiger charge is 2.44. The molecular formula is C23H26IOP. The van der Waals surface area contributed by atoms with Gasteiger partial charge in [0, 0.05) is 13.7 Å². The van der Waals surface area contributed by atoms with Crippen LogP contribution in [0.4, 0.5) is 0 Å². The van der Waals surface area contributed by atoms with Crippen molar-refractivity contribution in [3.05, 3.63) is 91.0 Å². The minimum atomic E-state index is -1.65. The SMILES string of the molecule is COCCCC[P+](c1ccccc1)(c1ccccc1)c1ccccc1.[I-]. The van der Waals surface area contributed by atoms with Crippen molar-refractivity contribution in [1.29, 1.82) is 0 Å². The number of hydrogen-bond acceptors (Lipinski definition) is 1. The standard InChI is InChI=1S/C23H26OP.HI/c1-24-19-11-12-20-25(21-13-5-2-6-14-21,22-15-7-3-8-16-22)23-17-9-4-10-18-23;/h2-10,13-18H,11-12,19-20H2,1H3;1H/q+1;/p-1. The molecule has 0 aromatic heterocycles. The molecule has 0 heterocycles. The second kappa shape index (κ2) is 10.8. The van der Waals surface area contributed by atoms with Crippen molar-refractivity contribution in [2.45, 2.75) is 12.8 Å². The van der Waals surface area contributed by atoms with Crippen LogP contribution in [0.1, 0.15) is 12.8 Å². The van der Waals surface area contributed by atoms with Crippen molar-refractivity contribution in [2.75, 3.05) is 19.9 Å². The summed E-state index contributed by atoms with van der Waals surface area (Å²) >= 11 is 0. The summed E-state index contributed by atoms with van der Waals surface area (Å²) < 4.78 is 5.29. The van der Waals surface area contributed by atoms with Crippen molar-refractivity contribution < 1.29 is 28.7 Å². The lowest BCUT2D eigenvalue weighted by Gasteiger charge is -2.27. The molecule has 3 heteroatoms. The van der Waals surface area contributed by atoms with Gasteiger partial charge in [-0.3, -0.25) is 0 Å². The maximum atomic E-state index is 5.29. The third-order valence-electron chi connectivity index (χ3n) is 4.68. The Morgan fingerprint density at radius 2 is 1.00 bits per heavy atom. The van der Waals surface area contributed by atoms with Gasteiger partial charge in [0.1, 0.15) is 23.2 Å². The molecule has 1 nitrogen and oxygen atoms in total. The molecule has 0 radical (unpaired) electrons. The minimum absolute atomic E-state index is 0. The van der Waals surface area contributed by atoms with E-state index in [4.69, 9.17) is 4.74 Å². The molecule has 3 rings (SSSR count). The Labute approximate surface area is 175 Å². The lowest BCUT2D eigenvalue weighted by Crippen LogP contribution is -3.00. The van der Waals surface area contributed by atoms with Crippen molar-refractivity contribution in [2.24, 2.45) is 0 Å². The summed E-state index contributed by atoms with van der Waals surface area (Å²) in [5.41, 5.74) is 0. The molecule has 26 heavy (non-hydrogen) atoms. The maximum absolute atomic E-state index is 5.29. The van der Waals surface area contributed by atoms with Gasteiger partial charge in [0.05, 0.1) is 6.16 Å². The van der Waals surface area contributed by atoms with E-state index in [0.29, 0.717) is 0 Å². The van der Waals surface area contributed by atoms with Gasteiger partial charge in [-0.25, -0.2) is 0 Å². The summed E-state index contributed by atoms with van der Waals surface area (Å²) in [6, 6.07) is 33.2. The predicted molar refractivity (Wildman–Crippen MR) is 111 cm³/mol. The van der Waals surface area contributed by atoms with Crippen molar-refractivity contribution in [3.8, 4) is 0 Å². The highest BCUT2D eigenvalue weighted by molar-refractivity contribution is 7.95. The van der Waals surface area contributed by atoms with Crippen LogP contribution in [0.5, 0.6) is 0 Å². The number of unbranched alkanes of at least 4 members (excludes halogenated alkanes) is 1. The van der Waals surface area contributed by atoms with E-state index in [2.05, 4.69) is 91.0 Å². The molecule has 0 N–H and O–H groups in total. The second-order valence-electron chi connectivity index (χ2n) is 6.24. The third kappa shape index (κ3) is 4.73. The van der Waals surface area contributed by atoms with Gasteiger partial charge in [0.2, 0.25) is 0 Å². The molecule has 0 spiro atoms. The number of rotatable bonds is 8. The fraction of sp³-hybridized carbons (Fsp3) is 0.217. The zero-order valence-corrected chi connectivity index (χ0v) is 18.3. The van der Waals surface area contributed by atoms with E-state index in [0.717, 1.165) is 13.0 Å². The molecule has 136 valence electrons. The lowest BCUT2D eigenvalue weighted by molar-refractivity contribution is -0.00000530. The summed E-state index contributed by atoms with van der Waals surface area (Å²) in [4.78, 5) is 0. The first kappa shape index (κ1) is 21.1. The molecule has 0 saturated heterocycles. The molecule has 0 aliphatic rings. The van der Waals surface area contributed by atoms with E-state index >= 15 is 0 Å². The summed E-state index contributed by atoms with van der Waals surface area (Å²) in [6.07, 6.45) is 3.44. The molecule has 0 aliphatic heterocycles. The van der Waals surface area contributed by atoms with Gasteiger partial charge < -0.3 is 28.7 Å². The number of benzene rings is 3. The fourth-order valence-electron chi connectivity index (χ4n) is 3.48. The minimum Gasteiger partial charge on any atom is -1.00 e. The Bertz CT molecular complexity index is 650. The van der Waals surface area contributed by atoms with E-state index in [1.807, 2.05) is 0 Å². The molecule has 0 saturated carbocycles. The molecule has 0 unspecified atom stereocenters. The van der Waals surface area contributed by atoms with Gasteiger partial charge in [-0.1, -0.05) is 54.6 Å². The Morgan fingerprint density at radius 1 is 0.615 bits per heavy atom. The van der Waals surface area contributed by atoms with E-state index < -0.39 is 7.26 Å². The normalized spacial score (nSPS) is 11.0. The van der Waals surface area contributed by atoms with Crippen molar-refractivity contribution in [1.82, 2.24) is 0 Å². The molecule has 0 amide bonds. The third-order valence-corrected chi connectivity index (χ3v) is 9.21. The molecule has 0 bridgehead atoms. The van der Waals surface area contributed by atoms with Crippen LogP contribution in [0.15, 0.2) is 91.0 Å². The van der Waals surface area contributed by atoms with Gasteiger partial charge in [0.15, 0.2) is 0 Å². The van der Waals surface area contributed by atoms with Crippen molar-refractivity contribution >= 4 is 23.2 Å². The number of halogens is 1. The van der Waals surface area contributed by atoms with Gasteiger partial charge in [-0.2, -0.15) is 0 Å². The Kier molecular flexibility index (Phi) is 8.77. The van der Waals surface area contributed by atoms with Gasteiger partial charge >= 0.3 is 0 Å². The smallest absolute Gasteiger partial charge is 0.112 e. The van der Waals surface area contributed by atoms with E-state index in [-0.39, 0.29) is 24.0 Å². The summed E-state index contributed by atoms with van der Waals surface area (Å²) in [7, 11) is 0.137. The van der Waals surface area contributed by atoms with Crippen LogP contribution in [0, 0.1) is 0 Å². The van der Waals surface area contributed by atoms with Crippen molar-refractivity contribution in [3.63, 3.8) is 0 Å². The second-order valence-corrected chi connectivity index (χ2v) is 9.86. The Balaban J connectivity index is 0.00000243. The summed E-state index contributed by atoms with van der Waals surface area (Å²) in [5, 5.41) is 4.39. The van der Waals surface area contributed by atoms with Gasteiger partial charge in [0.25, 0.3) is 0 Å². The number of ether oxygens (including phenoxy) is 1. The first-order chi connectivity index (χ1) is 12.4. The molecular weight excluding hydrogens is 450 g/mol. The zero-order valence-electron chi connectivity index (χ0n) is 15.2. The average Bonchev–Trinajstić information content (AvgIpc) is 2.70. The van der Waals surface area contributed by atoms with Crippen LogP contribution in [-0.4, -0.2) is 19.9 Å². The van der Waals surface area contributed by atoms with Crippen LogP contribution in [0.3, 0.4) is 0 Å². The van der Waals surface area contributed by atoms with Crippen LogP contribution >= 0.6 is 7.26 Å². The first-order valence-electron chi connectivity index (χ1n) is 8.92. The Hall–Kier alpha value is -1.22. The number of methoxy groups -OCH3 is 1. The molecule has 0 atom stereocenters. The first-order valence-corrected chi connectivity index (χ1v) is 10.9. The highest BCUT2D eigenvalue weighted by Crippen LogP contribution is 2.55. The Morgan fingerprint density at radius 3 is 1.35 bits per heavy atom. The van der Waals surface area contributed by atoms with E-state index in [1.54, 1.807) is 7.11 Å². The van der Waals surface area contributed by atoms with E-state index in [1.165, 1.54) is 28.5 Å². The van der Waals surface area contributed by atoms with Gasteiger partial charge in [-0.05, 0) is 49.2 Å². The predicted octanol–water partition coefficient (Wildman–Crippen LogP) is 1.41. The maximum Gasteiger partial charge on any atom is 0.112 e. The van der Waals surface area contributed by atoms with Crippen LogP contribution in [0.25, 0.3) is 0 Å². The quantitative estimate of drug-likeness (QED) is 0.272. The largest absolute Gasteiger partial charge is 1.00 e. The van der Waals surface area contributed by atoms with Gasteiger partial charge in [-0.15, -0.1) is 0 Å². The average molecular weight is 476 g/mol. The molecule has 0 fully saturated rings. The topological polar surface area (TPSA) is 9.23 Å². The monoisotopic (exact) mass is 476 g/mol. The van der Waals surface area contributed by atoms with Crippen LogP contribution in [-0.2, 0) is 4.74 Å². The molecule has 3 aromatic rings. The summed E-state index contributed by atoms with van der Waals surface area (Å²) in [6.45, 7) is 0.832. The number of hydrogen-bond donors (Lipinski definition) is 0. The molecule has 0 aliphatic carbocycles. The van der Waals surface area contributed by atoms with Crippen LogP contribution < -0.4 is 39.9 Å². The lowest BCUT2D eigenvalue weighted by atomic mass is 10.3. The van der Waals surface area contributed by atoms with E-state index in [9.17, 15) is 0 Å². The van der Waals surface area contributed by atoms with Crippen LogP contribution in [0.2, 0.25) is 0 Å². The molecule has 3 aromatic carbocycles. The zero-order chi connectivity index (χ0) is 17.4.